The lowest BCUT2D eigenvalue weighted by Gasteiger charge is -2.40. The number of anilines is 2. The third-order valence-electron chi connectivity index (χ3n) is 6.71. The number of nitrogens with one attached hydrogen (secondary N) is 2. The molecule has 1 saturated heterocycles. The minimum absolute atomic E-state index is 0.200. The molecule has 0 bridgehead atoms. The molecule has 1 fully saturated rings. The molecule has 3 aromatic rings. The standard InChI is InChI=1S/C27H27N5O4S/c1-27(15-28)16-36-13-19-7-6-18(9-22(19)27)25(34)29-10-24(33)31-26-30-23(14-37-26)17-4-3-5-20(8-17)32-11-21(12-32)35-2/h3-9,14,21H,10-13,16H2,1-2H3,(H,29,34)(H,30,31,33)/t27-/m1/s1. The Hall–Kier alpha value is -3.78. The van der Waals surface area contributed by atoms with E-state index < -0.39 is 5.41 Å². The molecule has 1 atom stereocenters. The number of aromatic nitrogens is 1. The predicted molar refractivity (Wildman–Crippen MR) is 141 cm³/mol. The molecular weight excluding hydrogens is 490 g/mol. The zero-order chi connectivity index (χ0) is 26.0. The number of rotatable bonds is 7. The molecule has 0 radical (unpaired) electrons. The number of hydrogen-bond donors (Lipinski definition) is 2. The van der Waals surface area contributed by atoms with Gasteiger partial charge in [-0.2, -0.15) is 5.26 Å². The summed E-state index contributed by atoms with van der Waals surface area (Å²) in [5.41, 5.74) is 4.09. The summed E-state index contributed by atoms with van der Waals surface area (Å²) in [4.78, 5) is 32.0. The number of amides is 2. The van der Waals surface area contributed by atoms with Gasteiger partial charge in [0, 0.05) is 42.4 Å². The van der Waals surface area contributed by atoms with Crippen molar-refractivity contribution >= 4 is 34.0 Å². The molecule has 37 heavy (non-hydrogen) atoms. The van der Waals surface area contributed by atoms with E-state index in [1.807, 2.05) is 17.5 Å². The fourth-order valence-corrected chi connectivity index (χ4v) is 5.18. The Morgan fingerprint density at radius 2 is 2.14 bits per heavy atom. The third-order valence-corrected chi connectivity index (χ3v) is 7.47. The highest BCUT2D eigenvalue weighted by Gasteiger charge is 2.33. The number of fused-ring (bicyclic) bond motifs is 1. The quantitative estimate of drug-likeness (QED) is 0.494. The molecule has 2 aliphatic rings. The molecule has 1 aromatic heterocycles. The lowest BCUT2D eigenvalue weighted by atomic mass is 9.79. The van der Waals surface area contributed by atoms with Crippen LogP contribution in [0.2, 0.25) is 0 Å². The Balaban J connectivity index is 1.18. The van der Waals surface area contributed by atoms with Gasteiger partial charge in [0.25, 0.3) is 5.91 Å². The molecule has 2 aliphatic heterocycles. The Morgan fingerprint density at radius 1 is 1.30 bits per heavy atom. The summed E-state index contributed by atoms with van der Waals surface area (Å²) in [6.45, 7) is 4.00. The van der Waals surface area contributed by atoms with Gasteiger partial charge >= 0.3 is 0 Å². The molecule has 0 aliphatic carbocycles. The maximum absolute atomic E-state index is 12.7. The van der Waals surface area contributed by atoms with Crippen molar-refractivity contribution in [2.45, 2.75) is 25.0 Å². The van der Waals surface area contributed by atoms with E-state index in [4.69, 9.17) is 9.47 Å². The van der Waals surface area contributed by atoms with Crippen molar-refractivity contribution in [3.63, 3.8) is 0 Å². The number of carbonyl (C=O) groups is 2. The van der Waals surface area contributed by atoms with Crippen molar-refractivity contribution in [1.29, 1.82) is 5.26 Å². The molecule has 2 N–H and O–H groups in total. The highest BCUT2D eigenvalue weighted by atomic mass is 32.1. The second-order valence-corrected chi connectivity index (χ2v) is 10.2. The predicted octanol–water partition coefficient (Wildman–Crippen LogP) is 3.33. The van der Waals surface area contributed by atoms with Crippen molar-refractivity contribution in [2.24, 2.45) is 0 Å². The van der Waals surface area contributed by atoms with Crippen molar-refractivity contribution in [1.82, 2.24) is 10.3 Å². The minimum Gasteiger partial charge on any atom is -0.378 e. The number of benzene rings is 2. The molecule has 3 heterocycles. The average molecular weight is 518 g/mol. The zero-order valence-corrected chi connectivity index (χ0v) is 21.4. The van der Waals surface area contributed by atoms with E-state index in [2.05, 4.69) is 38.7 Å². The van der Waals surface area contributed by atoms with Crippen molar-refractivity contribution in [3.05, 3.63) is 64.5 Å². The normalized spacial score (nSPS) is 18.9. The van der Waals surface area contributed by atoms with E-state index in [-0.39, 0.29) is 31.1 Å². The van der Waals surface area contributed by atoms with Crippen LogP contribution in [0.1, 0.15) is 28.4 Å². The number of carbonyl (C=O) groups excluding carboxylic acids is 2. The van der Waals surface area contributed by atoms with Crippen LogP contribution in [0, 0.1) is 11.3 Å². The van der Waals surface area contributed by atoms with Gasteiger partial charge in [-0.05, 0) is 42.3 Å². The summed E-state index contributed by atoms with van der Waals surface area (Å²) in [6.07, 6.45) is 0.268. The first-order valence-electron chi connectivity index (χ1n) is 11.9. The Bertz CT molecular complexity index is 1380. The molecular formula is C27H27N5O4S. The zero-order valence-electron chi connectivity index (χ0n) is 20.6. The van der Waals surface area contributed by atoms with Crippen LogP contribution in [0.3, 0.4) is 0 Å². The lowest BCUT2D eigenvalue weighted by Crippen LogP contribution is -2.51. The molecule has 10 heteroatoms. The monoisotopic (exact) mass is 517 g/mol. The Morgan fingerprint density at radius 3 is 2.92 bits per heavy atom. The first-order valence-corrected chi connectivity index (χ1v) is 12.8. The van der Waals surface area contributed by atoms with Crippen LogP contribution < -0.4 is 15.5 Å². The van der Waals surface area contributed by atoms with Crippen molar-refractivity contribution in [3.8, 4) is 17.3 Å². The summed E-state index contributed by atoms with van der Waals surface area (Å²) >= 11 is 1.33. The second kappa shape index (κ2) is 10.3. The van der Waals surface area contributed by atoms with Crippen LogP contribution in [0.15, 0.2) is 47.8 Å². The number of methoxy groups -OCH3 is 1. The van der Waals surface area contributed by atoms with Gasteiger partial charge in [-0.1, -0.05) is 18.2 Å². The SMILES string of the molecule is COC1CN(c2cccc(-c3csc(NC(=O)CNC(=O)c4ccc5c(c4)[C@](C)(C#N)COC5)n3)c2)C1. The number of nitriles is 1. The van der Waals surface area contributed by atoms with Crippen molar-refractivity contribution < 1.29 is 19.1 Å². The van der Waals surface area contributed by atoms with Gasteiger partial charge in [0.05, 0.1) is 37.6 Å². The van der Waals surface area contributed by atoms with E-state index in [9.17, 15) is 14.9 Å². The van der Waals surface area contributed by atoms with E-state index in [0.29, 0.717) is 17.3 Å². The van der Waals surface area contributed by atoms with E-state index in [1.54, 1.807) is 32.2 Å². The molecule has 5 rings (SSSR count). The largest absolute Gasteiger partial charge is 0.378 e. The van der Waals surface area contributed by atoms with Gasteiger partial charge in [-0.3, -0.25) is 9.59 Å². The highest BCUT2D eigenvalue weighted by Crippen LogP contribution is 2.33. The van der Waals surface area contributed by atoms with Gasteiger partial charge in [-0.25, -0.2) is 4.98 Å². The smallest absolute Gasteiger partial charge is 0.251 e. The van der Waals surface area contributed by atoms with Crippen LogP contribution in [0.4, 0.5) is 10.8 Å². The third kappa shape index (κ3) is 5.20. The van der Waals surface area contributed by atoms with Crippen LogP contribution >= 0.6 is 11.3 Å². The molecule has 0 unspecified atom stereocenters. The Labute approximate surface area is 219 Å². The summed E-state index contributed by atoms with van der Waals surface area (Å²) in [5, 5.41) is 17.3. The maximum Gasteiger partial charge on any atom is 0.251 e. The molecule has 9 nitrogen and oxygen atoms in total. The van der Waals surface area contributed by atoms with Crippen LogP contribution in [0.5, 0.6) is 0 Å². The van der Waals surface area contributed by atoms with Gasteiger partial charge in [0.15, 0.2) is 5.13 Å². The second-order valence-electron chi connectivity index (χ2n) is 9.39. The first kappa shape index (κ1) is 24.9. The summed E-state index contributed by atoms with van der Waals surface area (Å²) in [5.74, 6) is -0.759. The van der Waals surface area contributed by atoms with Gasteiger partial charge in [0.1, 0.15) is 5.41 Å². The van der Waals surface area contributed by atoms with Crippen LogP contribution in [0.25, 0.3) is 11.3 Å². The number of ether oxygens (including phenoxy) is 2. The van der Waals surface area contributed by atoms with Crippen molar-refractivity contribution in [2.75, 3.05) is 43.6 Å². The summed E-state index contributed by atoms with van der Waals surface area (Å²) in [7, 11) is 1.73. The fourth-order valence-electron chi connectivity index (χ4n) is 4.44. The summed E-state index contributed by atoms with van der Waals surface area (Å²) < 4.78 is 10.9. The molecule has 0 saturated carbocycles. The first-order chi connectivity index (χ1) is 17.9. The number of nitrogens with zero attached hydrogens (tertiary/aromatic N) is 3. The fraction of sp³-hybridized carbons (Fsp3) is 0.333. The number of thiazole rings is 1. The molecule has 0 spiro atoms. The lowest BCUT2D eigenvalue weighted by molar-refractivity contribution is -0.115. The maximum atomic E-state index is 12.7. The number of hydrogen-bond acceptors (Lipinski definition) is 8. The molecule has 2 aromatic carbocycles. The van der Waals surface area contributed by atoms with Crippen LogP contribution in [-0.2, 0) is 26.3 Å². The van der Waals surface area contributed by atoms with Gasteiger partial charge in [-0.15, -0.1) is 11.3 Å². The average Bonchev–Trinajstić information content (AvgIpc) is 3.35. The van der Waals surface area contributed by atoms with E-state index in [0.717, 1.165) is 41.2 Å². The van der Waals surface area contributed by atoms with E-state index >= 15 is 0 Å². The highest BCUT2D eigenvalue weighted by molar-refractivity contribution is 7.14. The van der Waals surface area contributed by atoms with Crippen LogP contribution in [-0.4, -0.2) is 56.3 Å². The van der Waals surface area contributed by atoms with Gasteiger partial charge in [0.2, 0.25) is 5.91 Å². The Kier molecular flexibility index (Phi) is 6.93. The molecule has 190 valence electrons. The minimum atomic E-state index is -0.815. The topological polar surface area (TPSA) is 117 Å². The van der Waals surface area contributed by atoms with Gasteiger partial charge < -0.3 is 25.0 Å². The summed E-state index contributed by atoms with van der Waals surface area (Å²) in [6, 6.07) is 15.6. The molecule has 2 amide bonds. The van der Waals surface area contributed by atoms with E-state index in [1.165, 1.54) is 11.3 Å².